The van der Waals surface area contributed by atoms with E-state index in [0.29, 0.717) is 5.75 Å². The third-order valence-electron chi connectivity index (χ3n) is 1.84. The van der Waals surface area contributed by atoms with Gasteiger partial charge in [0.15, 0.2) is 0 Å². The van der Waals surface area contributed by atoms with Crippen molar-refractivity contribution < 1.29 is 19.7 Å². The van der Waals surface area contributed by atoms with Crippen molar-refractivity contribution in [1.29, 1.82) is 0 Å². The summed E-state index contributed by atoms with van der Waals surface area (Å²) in [6.07, 6.45) is 0. The number of hydrogen-bond acceptors (Lipinski definition) is 4. The summed E-state index contributed by atoms with van der Waals surface area (Å²) in [7, 11) is 1.45. The molecule has 5 heteroatoms. The Morgan fingerprint density at radius 2 is 2.21 bits per heavy atom. The zero-order valence-electron chi connectivity index (χ0n) is 7.60. The number of aliphatic carboxylic acids is 1. The largest absolute Gasteiger partial charge is 0.508 e. The topological polar surface area (TPSA) is 92.8 Å². The second kappa shape index (κ2) is 3.97. The van der Waals surface area contributed by atoms with Crippen LogP contribution in [0.1, 0.15) is 11.6 Å². The van der Waals surface area contributed by atoms with Crippen LogP contribution in [0.2, 0.25) is 0 Å². The molecule has 0 saturated heterocycles. The van der Waals surface area contributed by atoms with E-state index in [1.54, 1.807) is 0 Å². The average molecular weight is 197 g/mol. The first kappa shape index (κ1) is 10.3. The van der Waals surface area contributed by atoms with E-state index in [1.807, 2.05) is 0 Å². The van der Waals surface area contributed by atoms with Crippen molar-refractivity contribution in [3.63, 3.8) is 0 Å². The molecule has 0 amide bonds. The van der Waals surface area contributed by atoms with Gasteiger partial charge >= 0.3 is 5.97 Å². The summed E-state index contributed by atoms with van der Waals surface area (Å²) in [6.45, 7) is 0. The average Bonchev–Trinajstić information content (AvgIpc) is 2.17. The fraction of sp³-hybridized carbons (Fsp3) is 0.222. The molecule has 1 atom stereocenters. The molecule has 0 aliphatic rings. The lowest BCUT2D eigenvalue weighted by molar-refractivity contribution is -0.138. The van der Waals surface area contributed by atoms with Gasteiger partial charge in [-0.25, -0.2) is 0 Å². The molecule has 0 fully saturated rings. The van der Waals surface area contributed by atoms with Gasteiger partial charge < -0.3 is 20.7 Å². The van der Waals surface area contributed by atoms with Gasteiger partial charge in [0, 0.05) is 5.56 Å². The molecule has 0 heterocycles. The van der Waals surface area contributed by atoms with Gasteiger partial charge in [-0.15, -0.1) is 0 Å². The zero-order chi connectivity index (χ0) is 10.7. The van der Waals surface area contributed by atoms with Crippen molar-refractivity contribution in [3.8, 4) is 11.5 Å². The number of aromatic hydroxyl groups is 1. The van der Waals surface area contributed by atoms with Gasteiger partial charge in [-0.1, -0.05) is 0 Å². The molecule has 76 valence electrons. The van der Waals surface area contributed by atoms with Crippen LogP contribution >= 0.6 is 0 Å². The minimum absolute atomic E-state index is 0.136. The van der Waals surface area contributed by atoms with E-state index in [2.05, 4.69) is 0 Å². The molecule has 0 saturated carbocycles. The summed E-state index contributed by atoms with van der Waals surface area (Å²) in [6, 6.07) is 3.02. The van der Waals surface area contributed by atoms with Crippen LogP contribution in [0.15, 0.2) is 18.2 Å². The van der Waals surface area contributed by atoms with Crippen molar-refractivity contribution in [1.82, 2.24) is 0 Å². The number of benzene rings is 1. The van der Waals surface area contributed by atoms with Crippen LogP contribution < -0.4 is 10.5 Å². The highest BCUT2D eigenvalue weighted by molar-refractivity contribution is 5.76. The quantitative estimate of drug-likeness (QED) is 0.655. The smallest absolute Gasteiger partial charge is 0.325 e. The molecule has 4 N–H and O–H groups in total. The van der Waals surface area contributed by atoms with Gasteiger partial charge in [0.2, 0.25) is 0 Å². The van der Waals surface area contributed by atoms with E-state index >= 15 is 0 Å². The molecule has 1 aromatic rings. The number of carbonyl (C=O) groups is 1. The molecular formula is C9H11NO4. The Morgan fingerprint density at radius 3 is 2.71 bits per heavy atom. The fourth-order valence-electron chi connectivity index (χ4n) is 1.04. The molecule has 0 aliphatic heterocycles. The summed E-state index contributed by atoms with van der Waals surface area (Å²) in [5.41, 5.74) is 5.48. The molecular weight excluding hydrogens is 186 g/mol. The van der Waals surface area contributed by atoms with E-state index in [-0.39, 0.29) is 11.3 Å². The van der Waals surface area contributed by atoms with Crippen LogP contribution in [0.25, 0.3) is 0 Å². The Hall–Kier alpha value is -1.75. The van der Waals surface area contributed by atoms with Gasteiger partial charge in [0.05, 0.1) is 7.11 Å². The first-order valence-corrected chi connectivity index (χ1v) is 3.91. The third kappa shape index (κ3) is 1.94. The summed E-state index contributed by atoms with van der Waals surface area (Å²) in [4.78, 5) is 10.6. The minimum Gasteiger partial charge on any atom is -0.508 e. The van der Waals surface area contributed by atoms with Crippen LogP contribution in [-0.4, -0.2) is 23.3 Å². The van der Waals surface area contributed by atoms with Crippen molar-refractivity contribution in [2.75, 3.05) is 7.11 Å². The SMILES string of the molecule is COc1ccc(O)c(C(N)C(=O)O)c1. The van der Waals surface area contributed by atoms with Crippen molar-refractivity contribution >= 4 is 5.97 Å². The van der Waals surface area contributed by atoms with Gasteiger partial charge in [0.25, 0.3) is 0 Å². The summed E-state index contributed by atoms with van der Waals surface area (Å²) in [5.74, 6) is -0.899. The predicted octanol–water partition coefficient (Wildman–Crippen LogP) is 0.485. The Kier molecular flexibility index (Phi) is 2.93. The minimum atomic E-state index is -1.25. The number of phenolic OH excluding ortho intramolecular Hbond substituents is 1. The van der Waals surface area contributed by atoms with Gasteiger partial charge in [-0.05, 0) is 18.2 Å². The van der Waals surface area contributed by atoms with E-state index in [1.165, 1.54) is 25.3 Å². The molecule has 1 unspecified atom stereocenters. The maximum atomic E-state index is 10.6. The highest BCUT2D eigenvalue weighted by Gasteiger charge is 2.18. The fourth-order valence-corrected chi connectivity index (χ4v) is 1.04. The molecule has 0 radical (unpaired) electrons. The molecule has 1 aromatic carbocycles. The van der Waals surface area contributed by atoms with Gasteiger partial charge in [0.1, 0.15) is 17.5 Å². The first-order chi connectivity index (χ1) is 6.56. The Labute approximate surface area is 80.7 Å². The van der Waals surface area contributed by atoms with Crippen molar-refractivity contribution in [3.05, 3.63) is 23.8 Å². The molecule has 5 nitrogen and oxygen atoms in total. The van der Waals surface area contributed by atoms with Gasteiger partial charge in [-0.2, -0.15) is 0 Å². The number of methoxy groups -OCH3 is 1. The third-order valence-corrected chi connectivity index (χ3v) is 1.84. The molecule has 0 aromatic heterocycles. The predicted molar refractivity (Wildman–Crippen MR) is 49.2 cm³/mol. The highest BCUT2D eigenvalue weighted by atomic mass is 16.5. The van der Waals surface area contributed by atoms with Crippen LogP contribution in [0.5, 0.6) is 11.5 Å². The van der Waals surface area contributed by atoms with E-state index in [4.69, 9.17) is 15.6 Å². The number of carboxylic acid groups (broad SMARTS) is 1. The maximum absolute atomic E-state index is 10.6. The number of carboxylic acids is 1. The molecule has 0 spiro atoms. The van der Waals surface area contributed by atoms with E-state index < -0.39 is 12.0 Å². The number of rotatable bonds is 3. The molecule has 1 rings (SSSR count). The lowest BCUT2D eigenvalue weighted by Gasteiger charge is -2.10. The summed E-state index contributed by atoms with van der Waals surface area (Å²) >= 11 is 0. The molecule has 0 aliphatic carbocycles. The summed E-state index contributed by atoms with van der Waals surface area (Å²) < 4.78 is 4.88. The second-order valence-corrected chi connectivity index (χ2v) is 2.74. The lowest BCUT2D eigenvalue weighted by Crippen LogP contribution is -2.20. The van der Waals surface area contributed by atoms with Crippen LogP contribution in [-0.2, 0) is 4.79 Å². The second-order valence-electron chi connectivity index (χ2n) is 2.74. The lowest BCUT2D eigenvalue weighted by atomic mass is 10.1. The maximum Gasteiger partial charge on any atom is 0.325 e. The van der Waals surface area contributed by atoms with E-state index in [9.17, 15) is 9.90 Å². The number of nitrogens with two attached hydrogens (primary N) is 1. The normalized spacial score (nSPS) is 12.1. The highest BCUT2D eigenvalue weighted by Crippen LogP contribution is 2.27. The van der Waals surface area contributed by atoms with Crippen LogP contribution in [0, 0.1) is 0 Å². The Bertz CT molecular complexity index is 351. The Morgan fingerprint density at radius 1 is 1.57 bits per heavy atom. The first-order valence-electron chi connectivity index (χ1n) is 3.91. The van der Waals surface area contributed by atoms with E-state index in [0.717, 1.165) is 0 Å². The number of ether oxygens (including phenoxy) is 1. The molecule has 0 bridgehead atoms. The van der Waals surface area contributed by atoms with Crippen molar-refractivity contribution in [2.45, 2.75) is 6.04 Å². The monoisotopic (exact) mass is 197 g/mol. The summed E-state index contributed by atoms with van der Waals surface area (Å²) in [5, 5.41) is 18.0. The zero-order valence-corrected chi connectivity index (χ0v) is 7.60. The van der Waals surface area contributed by atoms with Crippen LogP contribution in [0.3, 0.4) is 0 Å². The van der Waals surface area contributed by atoms with Crippen LogP contribution in [0.4, 0.5) is 0 Å². The molecule has 14 heavy (non-hydrogen) atoms. The van der Waals surface area contributed by atoms with Gasteiger partial charge in [-0.3, -0.25) is 4.79 Å². The number of hydrogen-bond donors (Lipinski definition) is 3. The standard InChI is InChI=1S/C9H11NO4/c1-14-5-2-3-7(11)6(4-5)8(10)9(12)13/h2-4,8,11H,10H2,1H3,(H,12,13). The number of phenols is 1. The Balaban J connectivity index is 3.11. The van der Waals surface area contributed by atoms with Crippen molar-refractivity contribution in [2.24, 2.45) is 5.73 Å².